The number of benzene rings is 1. The Balaban J connectivity index is 2.30. The largest absolute Gasteiger partial charge is 0.506 e. The van der Waals surface area contributed by atoms with Crippen molar-refractivity contribution in [2.45, 2.75) is 25.3 Å². The molecule has 0 aliphatic carbocycles. The standard InChI is InChI=1S/C14H16F3NO4/c1-8-5-18(6-9(7-19)22-8)13(21)10-3-2-4-11(12(10)20)14(15,16)17/h2-4,8-9,19-20H,5-7H2,1H3. The molecule has 5 nitrogen and oxygen atoms in total. The van der Waals surface area contributed by atoms with E-state index in [2.05, 4.69) is 0 Å². The SMILES string of the molecule is CC1CN(C(=O)c2cccc(C(F)(F)F)c2O)CC(CO)O1. The van der Waals surface area contributed by atoms with E-state index in [1.165, 1.54) is 4.90 Å². The molecular weight excluding hydrogens is 303 g/mol. The zero-order valence-electron chi connectivity index (χ0n) is 11.8. The number of halogens is 3. The number of carbonyl (C=O) groups excluding carboxylic acids is 1. The summed E-state index contributed by atoms with van der Waals surface area (Å²) in [5.41, 5.74) is -1.67. The number of aromatic hydroxyl groups is 1. The van der Waals surface area contributed by atoms with Gasteiger partial charge in [0, 0.05) is 13.1 Å². The van der Waals surface area contributed by atoms with Gasteiger partial charge in [-0.1, -0.05) is 6.07 Å². The fourth-order valence-electron chi connectivity index (χ4n) is 2.43. The minimum atomic E-state index is -4.74. The Morgan fingerprint density at radius 3 is 2.68 bits per heavy atom. The number of nitrogens with zero attached hydrogens (tertiary/aromatic N) is 1. The van der Waals surface area contributed by atoms with E-state index in [4.69, 9.17) is 9.84 Å². The molecule has 122 valence electrons. The number of morpholine rings is 1. The highest BCUT2D eigenvalue weighted by Crippen LogP contribution is 2.37. The summed E-state index contributed by atoms with van der Waals surface area (Å²) >= 11 is 0. The maximum atomic E-state index is 12.8. The second-order valence-electron chi connectivity index (χ2n) is 5.16. The fraction of sp³-hybridized carbons (Fsp3) is 0.500. The first-order valence-electron chi connectivity index (χ1n) is 6.68. The molecule has 8 heteroatoms. The van der Waals surface area contributed by atoms with Crippen LogP contribution in [0.1, 0.15) is 22.8 Å². The van der Waals surface area contributed by atoms with Crippen molar-refractivity contribution in [1.82, 2.24) is 4.90 Å². The number of ether oxygens (including phenoxy) is 1. The molecule has 1 fully saturated rings. The van der Waals surface area contributed by atoms with Gasteiger partial charge in [0.05, 0.1) is 29.9 Å². The average Bonchev–Trinajstić information content (AvgIpc) is 2.44. The van der Waals surface area contributed by atoms with Gasteiger partial charge in [-0.2, -0.15) is 13.2 Å². The van der Waals surface area contributed by atoms with Gasteiger partial charge in [-0.3, -0.25) is 4.79 Å². The molecule has 1 saturated heterocycles. The van der Waals surface area contributed by atoms with E-state index in [0.29, 0.717) is 6.07 Å². The molecule has 22 heavy (non-hydrogen) atoms. The quantitative estimate of drug-likeness (QED) is 0.869. The van der Waals surface area contributed by atoms with Gasteiger partial charge in [0.2, 0.25) is 0 Å². The van der Waals surface area contributed by atoms with E-state index in [1.54, 1.807) is 6.92 Å². The van der Waals surface area contributed by atoms with Crippen LogP contribution >= 0.6 is 0 Å². The van der Waals surface area contributed by atoms with Gasteiger partial charge in [0.15, 0.2) is 0 Å². The topological polar surface area (TPSA) is 70.0 Å². The summed E-state index contributed by atoms with van der Waals surface area (Å²) in [5.74, 6) is -1.81. The molecule has 2 N–H and O–H groups in total. The number of aliphatic hydroxyl groups excluding tert-OH is 1. The predicted molar refractivity (Wildman–Crippen MR) is 70.4 cm³/mol. The molecule has 1 amide bonds. The Morgan fingerprint density at radius 1 is 1.41 bits per heavy atom. The summed E-state index contributed by atoms with van der Waals surface area (Å²) in [7, 11) is 0. The predicted octanol–water partition coefficient (Wildman–Crippen LogP) is 1.63. The van der Waals surface area contributed by atoms with Crippen LogP contribution in [0.25, 0.3) is 0 Å². The summed E-state index contributed by atoms with van der Waals surface area (Å²) in [5, 5.41) is 18.9. The monoisotopic (exact) mass is 319 g/mol. The number of para-hydroxylation sites is 1. The third kappa shape index (κ3) is 3.33. The summed E-state index contributed by atoms with van der Waals surface area (Å²) < 4.78 is 43.7. The smallest absolute Gasteiger partial charge is 0.419 e. The third-order valence-electron chi connectivity index (χ3n) is 3.39. The van der Waals surface area contributed by atoms with Crippen molar-refractivity contribution < 1.29 is 32.9 Å². The van der Waals surface area contributed by atoms with Crippen LogP contribution in [-0.2, 0) is 10.9 Å². The fourth-order valence-corrected chi connectivity index (χ4v) is 2.43. The molecular formula is C14H16F3NO4. The van der Waals surface area contributed by atoms with Crippen molar-refractivity contribution in [2.75, 3.05) is 19.7 Å². The lowest BCUT2D eigenvalue weighted by atomic mass is 10.1. The van der Waals surface area contributed by atoms with Crippen LogP contribution in [0.3, 0.4) is 0 Å². The van der Waals surface area contributed by atoms with E-state index in [9.17, 15) is 23.1 Å². The lowest BCUT2D eigenvalue weighted by Gasteiger charge is -2.36. The first-order valence-corrected chi connectivity index (χ1v) is 6.68. The van der Waals surface area contributed by atoms with Crippen LogP contribution in [-0.4, -0.2) is 52.9 Å². The number of rotatable bonds is 2. The highest BCUT2D eigenvalue weighted by Gasteiger charge is 2.37. The van der Waals surface area contributed by atoms with Gasteiger partial charge >= 0.3 is 6.18 Å². The molecule has 1 aliphatic rings. The van der Waals surface area contributed by atoms with Crippen molar-refractivity contribution in [3.63, 3.8) is 0 Å². The van der Waals surface area contributed by atoms with Crippen LogP contribution in [0, 0.1) is 0 Å². The van der Waals surface area contributed by atoms with E-state index < -0.39 is 35.1 Å². The number of carbonyl (C=O) groups is 1. The lowest BCUT2D eigenvalue weighted by Crippen LogP contribution is -2.50. The van der Waals surface area contributed by atoms with Crippen molar-refractivity contribution in [3.05, 3.63) is 29.3 Å². The Labute approximate surface area is 124 Å². The number of aliphatic hydroxyl groups is 1. The second kappa shape index (κ2) is 6.13. The summed E-state index contributed by atoms with van der Waals surface area (Å²) in [6.07, 6.45) is -5.70. The number of phenols is 1. The first kappa shape index (κ1) is 16.6. The zero-order chi connectivity index (χ0) is 16.5. The molecule has 0 radical (unpaired) electrons. The minimum absolute atomic E-state index is 0.0510. The molecule has 1 aliphatic heterocycles. The summed E-state index contributed by atoms with van der Waals surface area (Å²) in [4.78, 5) is 13.6. The molecule has 1 aromatic carbocycles. The highest BCUT2D eigenvalue weighted by molar-refractivity contribution is 5.97. The van der Waals surface area contributed by atoms with Gasteiger partial charge in [-0.15, -0.1) is 0 Å². The molecule has 1 heterocycles. The minimum Gasteiger partial charge on any atom is -0.506 e. The van der Waals surface area contributed by atoms with Crippen LogP contribution in [0.15, 0.2) is 18.2 Å². The number of amides is 1. The maximum absolute atomic E-state index is 12.8. The van der Waals surface area contributed by atoms with Crippen molar-refractivity contribution in [1.29, 1.82) is 0 Å². The van der Waals surface area contributed by atoms with Crippen LogP contribution in [0.5, 0.6) is 5.75 Å². The number of hydrogen-bond donors (Lipinski definition) is 2. The van der Waals surface area contributed by atoms with E-state index in [-0.39, 0.29) is 25.8 Å². The maximum Gasteiger partial charge on any atom is 0.419 e. The second-order valence-corrected chi connectivity index (χ2v) is 5.16. The zero-order valence-corrected chi connectivity index (χ0v) is 11.8. The van der Waals surface area contributed by atoms with Crippen LogP contribution < -0.4 is 0 Å². The average molecular weight is 319 g/mol. The van der Waals surface area contributed by atoms with Crippen molar-refractivity contribution >= 4 is 5.91 Å². The molecule has 0 saturated carbocycles. The molecule has 2 unspecified atom stereocenters. The first-order chi connectivity index (χ1) is 10.2. The van der Waals surface area contributed by atoms with Crippen molar-refractivity contribution in [3.8, 4) is 5.75 Å². The normalized spacial score (nSPS) is 22.7. The van der Waals surface area contributed by atoms with E-state index in [1.807, 2.05) is 0 Å². The molecule has 2 rings (SSSR count). The number of alkyl halides is 3. The molecule has 2 atom stereocenters. The van der Waals surface area contributed by atoms with Crippen LogP contribution in [0.2, 0.25) is 0 Å². The number of hydrogen-bond acceptors (Lipinski definition) is 4. The number of phenolic OH excluding ortho intramolecular Hbond substituents is 1. The molecule has 1 aromatic rings. The lowest BCUT2D eigenvalue weighted by molar-refractivity contribution is -0.138. The van der Waals surface area contributed by atoms with E-state index >= 15 is 0 Å². The molecule has 0 bridgehead atoms. The van der Waals surface area contributed by atoms with E-state index in [0.717, 1.165) is 12.1 Å². The van der Waals surface area contributed by atoms with Gasteiger partial charge in [0.1, 0.15) is 5.75 Å². The third-order valence-corrected chi connectivity index (χ3v) is 3.39. The van der Waals surface area contributed by atoms with Gasteiger partial charge in [-0.25, -0.2) is 0 Å². The van der Waals surface area contributed by atoms with Gasteiger partial charge in [-0.05, 0) is 19.1 Å². The summed E-state index contributed by atoms with van der Waals surface area (Å²) in [6, 6.07) is 2.93. The summed E-state index contributed by atoms with van der Waals surface area (Å²) in [6.45, 7) is 1.61. The van der Waals surface area contributed by atoms with Crippen molar-refractivity contribution in [2.24, 2.45) is 0 Å². The Kier molecular flexibility index (Phi) is 4.62. The highest BCUT2D eigenvalue weighted by atomic mass is 19.4. The van der Waals surface area contributed by atoms with Gasteiger partial charge < -0.3 is 19.8 Å². The molecule has 0 aromatic heterocycles. The van der Waals surface area contributed by atoms with Gasteiger partial charge in [0.25, 0.3) is 5.91 Å². The Morgan fingerprint density at radius 2 is 2.09 bits per heavy atom. The Bertz CT molecular complexity index is 562. The molecule has 0 spiro atoms. The van der Waals surface area contributed by atoms with Crippen LogP contribution in [0.4, 0.5) is 13.2 Å². The Hall–Kier alpha value is -1.80.